The number of hydrogen-bond donors (Lipinski definition) is 2. The first-order valence-electron chi connectivity index (χ1n) is 9.44. The maximum atomic E-state index is 12.7. The van der Waals surface area contributed by atoms with Crippen LogP contribution in [-0.2, 0) is 25.8 Å². The molecule has 9 heteroatoms. The van der Waals surface area contributed by atoms with Crippen molar-refractivity contribution in [2.75, 3.05) is 23.5 Å². The Morgan fingerprint density at radius 3 is 2.30 bits per heavy atom. The molecule has 30 heavy (non-hydrogen) atoms. The van der Waals surface area contributed by atoms with Gasteiger partial charge in [0.05, 0.1) is 12.8 Å². The van der Waals surface area contributed by atoms with Gasteiger partial charge < -0.3 is 15.4 Å². The maximum absolute atomic E-state index is 12.7. The van der Waals surface area contributed by atoms with Crippen LogP contribution in [0.25, 0.3) is 0 Å². The van der Waals surface area contributed by atoms with E-state index in [4.69, 9.17) is 16.3 Å². The maximum Gasteiger partial charge on any atom is 0.242 e. The minimum absolute atomic E-state index is 0.00945. The van der Waals surface area contributed by atoms with Gasteiger partial charge in [-0.3, -0.25) is 9.59 Å². The van der Waals surface area contributed by atoms with Gasteiger partial charge in [0, 0.05) is 10.7 Å². The molecule has 0 aliphatic carbocycles. The predicted molar refractivity (Wildman–Crippen MR) is 119 cm³/mol. The van der Waals surface area contributed by atoms with E-state index < -0.39 is 32.7 Å². The quantitative estimate of drug-likeness (QED) is 0.604. The normalized spacial score (nSPS) is 12.1. The molecule has 0 radical (unpaired) electrons. The van der Waals surface area contributed by atoms with Gasteiger partial charge >= 0.3 is 0 Å². The van der Waals surface area contributed by atoms with Gasteiger partial charge in [-0.25, -0.2) is 8.42 Å². The van der Waals surface area contributed by atoms with Crippen LogP contribution in [0.3, 0.4) is 0 Å². The number of nitrogens with one attached hydrogen (secondary N) is 2. The van der Waals surface area contributed by atoms with Crippen LogP contribution in [0.2, 0.25) is 5.02 Å². The van der Waals surface area contributed by atoms with E-state index >= 15 is 0 Å². The fourth-order valence-corrected chi connectivity index (χ4v) is 4.60. The SMILES string of the molecule is CCc1ccc(NC(=O)CS(=O)(=O)C(CC)C(=O)Nc2cc(Cl)ccc2OC)cc1. The Morgan fingerprint density at radius 1 is 1.07 bits per heavy atom. The Kier molecular flexibility index (Phi) is 8.25. The Labute approximate surface area is 181 Å². The van der Waals surface area contributed by atoms with Crippen molar-refractivity contribution in [2.45, 2.75) is 31.9 Å². The molecule has 2 amide bonds. The molecule has 162 valence electrons. The number of ether oxygens (including phenoxy) is 1. The standard InChI is InChI=1S/C21H25ClN2O5S/c1-4-14-6-9-16(10-7-14)23-20(25)13-30(27,28)19(5-2)21(26)24-17-12-15(22)8-11-18(17)29-3/h6-12,19H,4-5,13H2,1-3H3,(H,23,25)(H,24,26). The summed E-state index contributed by atoms with van der Waals surface area (Å²) in [6.45, 7) is 3.58. The van der Waals surface area contributed by atoms with Crippen molar-refractivity contribution in [3.63, 3.8) is 0 Å². The van der Waals surface area contributed by atoms with Crippen molar-refractivity contribution in [1.29, 1.82) is 0 Å². The summed E-state index contributed by atoms with van der Waals surface area (Å²) in [4.78, 5) is 24.9. The van der Waals surface area contributed by atoms with Crippen molar-refractivity contribution in [3.05, 3.63) is 53.1 Å². The van der Waals surface area contributed by atoms with E-state index in [0.29, 0.717) is 16.5 Å². The molecule has 1 unspecified atom stereocenters. The lowest BCUT2D eigenvalue weighted by Gasteiger charge is -2.17. The van der Waals surface area contributed by atoms with E-state index in [1.165, 1.54) is 13.2 Å². The highest BCUT2D eigenvalue weighted by Gasteiger charge is 2.33. The van der Waals surface area contributed by atoms with E-state index in [-0.39, 0.29) is 12.1 Å². The monoisotopic (exact) mass is 452 g/mol. The molecular formula is C21H25ClN2O5S. The first kappa shape index (κ1) is 23.7. The van der Waals surface area contributed by atoms with Gasteiger partial charge in [-0.05, 0) is 48.7 Å². The smallest absolute Gasteiger partial charge is 0.242 e. The van der Waals surface area contributed by atoms with Crippen LogP contribution in [0.5, 0.6) is 5.75 Å². The summed E-state index contributed by atoms with van der Waals surface area (Å²) >= 11 is 5.95. The molecule has 1 atom stereocenters. The fraction of sp³-hybridized carbons (Fsp3) is 0.333. The second-order valence-electron chi connectivity index (χ2n) is 6.64. The van der Waals surface area contributed by atoms with Crippen LogP contribution in [0.1, 0.15) is 25.8 Å². The zero-order valence-corrected chi connectivity index (χ0v) is 18.6. The van der Waals surface area contributed by atoms with E-state index in [2.05, 4.69) is 10.6 Å². The lowest BCUT2D eigenvalue weighted by atomic mass is 10.1. The number of aryl methyl sites for hydroxylation is 1. The highest BCUT2D eigenvalue weighted by atomic mass is 35.5. The molecule has 0 saturated heterocycles. The molecule has 0 aromatic heterocycles. The lowest BCUT2D eigenvalue weighted by molar-refractivity contribution is -0.115. The highest BCUT2D eigenvalue weighted by molar-refractivity contribution is 7.93. The summed E-state index contributed by atoms with van der Waals surface area (Å²) in [5, 5.41) is 4.05. The minimum Gasteiger partial charge on any atom is -0.495 e. The second-order valence-corrected chi connectivity index (χ2v) is 9.26. The molecule has 0 aliphatic heterocycles. The summed E-state index contributed by atoms with van der Waals surface area (Å²) in [6.07, 6.45) is 0.864. The molecule has 0 bridgehead atoms. The molecular weight excluding hydrogens is 428 g/mol. The van der Waals surface area contributed by atoms with E-state index in [1.807, 2.05) is 19.1 Å². The zero-order valence-electron chi connectivity index (χ0n) is 17.1. The molecule has 2 rings (SSSR count). The number of carbonyl (C=O) groups is 2. The van der Waals surface area contributed by atoms with Gasteiger partial charge in [0.2, 0.25) is 11.8 Å². The van der Waals surface area contributed by atoms with E-state index in [9.17, 15) is 18.0 Å². The molecule has 7 nitrogen and oxygen atoms in total. The first-order valence-corrected chi connectivity index (χ1v) is 11.5. The molecule has 0 fully saturated rings. The molecule has 0 heterocycles. The van der Waals surface area contributed by atoms with Gasteiger partial charge in [0.25, 0.3) is 0 Å². The van der Waals surface area contributed by atoms with Crippen molar-refractivity contribution in [1.82, 2.24) is 0 Å². The van der Waals surface area contributed by atoms with Crippen molar-refractivity contribution >= 4 is 44.6 Å². The van der Waals surface area contributed by atoms with E-state index in [0.717, 1.165) is 12.0 Å². The van der Waals surface area contributed by atoms with Gasteiger partial charge in [0.1, 0.15) is 16.8 Å². The summed E-state index contributed by atoms with van der Waals surface area (Å²) in [7, 11) is -2.63. The topological polar surface area (TPSA) is 102 Å². The molecule has 0 spiro atoms. The molecule has 0 saturated carbocycles. The highest BCUT2D eigenvalue weighted by Crippen LogP contribution is 2.28. The summed E-state index contributed by atoms with van der Waals surface area (Å²) in [6, 6.07) is 11.7. The number of hydrogen-bond acceptors (Lipinski definition) is 5. The Balaban J connectivity index is 2.10. The minimum atomic E-state index is -4.05. The van der Waals surface area contributed by atoms with Crippen molar-refractivity contribution in [2.24, 2.45) is 0 Å². The van der Waals surface area contributed by atoms with E-state index in [1.54, 1.807) is 31.2 Å². The second kappa shape index (κ2) is 10.4. The summed E-state index contributed by atoms with van der Waals surface area (Å²) < 4.78 is 30.6. The number of rotatable bonds is 9. The van der Waals surface area contributed by atoms with Crippen LogP contribution < -0.4 is 15.4 Å². The molecule has 0 aliphatic rings. The summed E-state index contributed by atoms with van der Waals surface area (Å²) in [5.41, 5.74) is 1.84. The summed E-state index contributed by atoms with van der Waals surface area (Å²) in [5.74, 6) is -1.92. The number of anilines is 2. The number of benzene rings is 2. The van der Waals surface area contributed by atoms with Crippen LogP contribution in [0.15, 0.2) is 42.5 Å². The Hall–Kier alpha value is -2.58. The number of sulfone groups is 1. The van der Waals surface area contributed by atoms with Gasteiger partial charge in [-0.15, -0.1) is 0 Å². The van der Waals surface area contributed by atoms with Gasteiger partial charge in [-0.2, -0.15) is 0 Å². The Morgan fingerprint density at radius 2 is 1.73 bits per heavy atom. The number of carbonyl (C=O) groups excluding carboxylic acids is 2. The van der Waals surface area contributed by atoms with Crippen LogP contribution >= 0.6 is 11.6 Å². The number of amides is 2. The molecule has 2 aromatic rings. The number of methoxy groups -OCH3 is 1. The van der Waals surface area contributed by atoms with Gasteiger partial charge in [-0.1, -0.05) is 37.6 Å². The third kappa shape index (κ3) is 6.21. The third-order valence-corrected chi connectivity index (χ3v) is 6.81. The number of halogens is 1. The first-order chi connectivity index (χ1) is 14.2. The molecule has 2 N–H and O–H groups in total. The van der Waals surface area contributed by atoms with Crippen LogP contribution in [-0.4, -0.2) is 38.3 Å². The third-order valence-electron chi connectivity index (χ3n) is 4.49. The average molecular weight is 453 g/mol. The molecule has 2 aromatic carbocycles. The Bertz CT molecular complexity index is 1010. The fourth-order valence-electron chi connectivity index (χ4n) is 2.90. The zero-order chi connectivity index (χ0) is 22.3. The predicted octanol–water partition coefficient (Wildman–Crippen LogP) is 3.68. The van der Waals surface area contributed by atoms with Crippen molar-refractivity contribution < 1.29 is 22.7 Å². The largest absolute Gasteiger partial charge is 0.495 e. The van der Waals surface area contributed by atoms with Crippen LogP contribution in [0.4, 0.5) is 11.4 Å². The average Bonchev–Trinajstić information content (AvgIpc) is 2.68. The lowest BCUT2D eigenvalue weighted by Crippen LogP contribution is -2.39. The van der Waals surface area contributed by atoms with Crippen molar-refractivity contribution in [3.8, 4) is 5.75 Å². The van der Waals surface area contributed by atoms with Gasteiger partial charge in [0.15, 0.2) is 9.84 Å². The van der Waals surface area contributed by atoms with Crippen LogP contribution in [0, 0.1) is 0 Å².